The summed E-state index contributed by atoms with van der Waals surface area (Å²) in [5.41, 5.74) is 2.19. The Labute approximate surface area is 196 Å². The van der Waals surface area contributed by atoms with Gasteiger partial charge in [-0.2, -0.15) is 4.98 Å². The van der Waals surface area contributed by atoms with E-state index in [2.05, 4.69) is 22.3 Å². The molecule has 9 heteroatoms. The number of carbonyl (C=O) groups excluding carboxylic acids is 1. The zero-order valence-corrected chi connectivity index (χ0v) is 19.8. The molecule has 2 atom stereocenters. The van der Waals surface area contributed by atoms with Crippen LogP contribution in [0.5, 0.6) is 0 Å². The maximum absolute atomic E-state index is 12.7. The molecule has 2 aromatic rings. The number of nitrogens with one attached hydrogen (secondary N) is 1. The molecule has 32 heavy (non-hydrogen) atoms. The quantitative estimate of drug-likeness (QED) is 0.734. The molecule has 7 nitrogen and oxygen atoms in total. The van der Waals surface area contributed by atoms with Gasteiger partial charge in [0.05, 0.1) is 16.5 Å². The number of anilines is 2. The minimum Gasteiger partial charge on any atom is -0.364 e. The summed E-state index contributed by atoms with van der Waals surface area (Å²) in [5.74, 6) is 2.66. The molecule has 0 radical (unpaired) electrons. The topological polar surface area (TPSA) is 78.4 Å². The van der Waals surface area contributed by atoms with E-state index in [1.165, 1.54) is 5.56 Å². The van der Waals surface area contributed by atoms with E-state index < -0.39 is 10.8 Å². The van der Waals surface area contributed by atoms with Crippen molar-refractivity contribution in [1.82, 2.24) is 14.9 Å². The van der Waals surface area contributed by atoms with Crippen LogP contribution in [-0.2, 0) is 22.0 Å². The molecule has 1 N–H and O–H groups in total. The molecule has 0 aliphatic carbocycles. The van der Waals surface area contributed by atoms with Gasteiger partial charge in [-0.1, -0.05) is 23.7 Å². The molecule has 2 saturated heterocycles. The summed E-state index contributed by atoms with van der Waals surface area (Å²) in [6.45, 7) is 2.38. The SMILES string of the molecule is CN1C[C@@H](Nc2nc(N3CCC(c4cccc(Cl)c4)CC3)nc3c2S(=O)CC3)CCC1=O. The Bertz CT molecular complexity index is 1060. The number of fused-ring (bicyclic) bond motifs is 1. The molecule has 3 aliphatic heterocycles. The third-order valence-electron chi connectivity index (χ3n) is 6.74. The number of nitrogens with zero attached hydrogens (tertiary/aromatic N) is 4. The van der Waals surface area contributed by atoms with Crippen molar-refractivity contribution >= 4 is 40.1 Å². The van der Waals surface area contributed by atoms with E-state index in [1.54, 1.807) is 4.90 Å². The first-order valence-corrected chi connectivity index (χ1v) is 13.0. The van der Waals surface area contributed by atoms with Gasteiger partial charge in [0.2, 0.25) is 11.9 Å². The third kappa shape index (κ3) is 4.35. The largest absolute Gasteiger partial charge is 0.364 e. The minimum atomic E-state index is -1.07. The highest BCUT2D eigenvalue weighted by Gasteiger charge is 2.31. The average molecular weight is 474 g/mol. The monoisotopic (exact) mass is 473 g/mol. The van der Waals surface area contributed by atoms with Gasteiger partial charge < -0.3 is 15.1 Å². The predicted molar refractivity (Wildman–Crippen MR) is 127 cm³/mol. The van der Waals surface area contributed by atoms with Crippen LogP contribution in [-0.4, -0.2) is 63.5 Å². The van der Waals surface area contributed by atoms with Crippen molar-refractivity contribution < 1.29 is 9.00 Å². The Kier molecular flexibility index (Phi) is 6.07. The number of likely N-dealkylation sites (tertiary alicyclic amines) is 1. The number of likely N-dealkylation sites (N-methyl/N-ethyl adjacent to an activating group) is 1. The number of amides is 1. The van der Waals surface area contributed by atoms with E-state index >= 15 is 0 Å². The third-order valence-corrected chi connectivity index (χ3v) is 8.44. The smallest absolute Gasteiger partial charge is 0.227 e. The standard InChI is InChI=1S/C23H28ClN5O2S/c1-28-14-18(5-6-20(28)30)25-22-21-19(9-12-32(21)31)26-23(27-22)29-10-7-15(8-11-29)16-3-2-4-17(24)13-16/h2-4,13,15,18H,5-12,14H2,1H3,(H,25,26,27)/t18-,32?/m0/s1. The first-order chi connectivity index (χ1) is 15.5. The summed E-state index contributed by atoms with van der Waals surface area (Å²) in [5, 5.41) is 4.29. The molecule has 1 amide bonds. The van der Waals surface area contributed by atoms with Crippen LogP contribution in [0.3, 0.4) is 0 Å². The lowest BCUT2D eigenvalue weighted by molar-refractivity contribution is -0.132. The summed E-state index contributed by atoms with van der Waals surface area (Å²) in [6.07, 6.45) is 4.04. The van der Waals surface area contributed by atoms with Crippen LogP contribution in [0.1, 0.15) is 42.9 Å². The molecule has 1 aromatic heterocycles. The Balaban J connectivity index is 1.34. The molecule has 170 valence electrons. The van der Waals surface area contributed by atoms with E-state index in [0.717, 1.165) is 53.9 Å². The van der Waals surface area contributed by atoms with Gasteiger partial charge in [0.15, 0.2) is 0 Å². The average Bonchev–Trinajstić information content (AvgIpc) is 3.17. The molecule has 0 saturated carbocycles. The van der Waals surface area contributed by atoms with Crippen LogP contribution in [0, 0.1) is 0 Å². The number of benzene rings is 1. The lowest BCUT2D eigenvalue weighted by Gasteiger charge is -2.33. The van der Waals surface area contributed by atoms with Gasteiger partial charge in [-0.3, -0.25) is 9.00 Å². The summed E-state index contributed by atoms with van der Waals surface area (Å²) in [6, 6.07) is 8.26. The van der Waals surface area contributed by atoms with E-state index in [4.69, 9.17) is 21.6 Å². The Morgan fingerprint density at radius 2 is 1.97 bits per heavy atom. The van der Waals surface area contributed by atoms with Gasteiger partial charge in [0, 0.05) is 56.3 Å². The number of hydrogen-bond donors (Lipinski definition) is 1. The number of aromatic nitrogens is 2. The fourth-order valence-corrected chi connectivity index (χ4v) is 6.43. The molecular formula is C23H28ClN5O2S. The second-order valence-electron chi connectivity index (χ2n) is 8.92. The number of rotatable bonds is 4. The van der Waals surface area contributed by atoms with Crippen molar-refractivity contribution in [3.63, 3.8) is 0 Å². The van der Waals surface area contributed by atoms with Crippen molar-refractivity contribution in [3.8, 4) is 0 Å². The normalized spacial score (nSPS) is 24.0. The van der Waals surface area contributed by atoms with Gasteiger partial charge in [0.25, 0.3) is 0 Å². The Hall–Kier alpha value is -2.19. The van der Waals surface area contributed by atoms with Crippen molar-refractivity contribution in [1.29, 1.82) is 0 Å². The molecule has 1 aromatic carbocycles. The maximum atomic E-state index is 12.7. The van der Waals surface area contributed by atoms with Gasteiger partial charge in [-0.05, 0) is 42.9 Å². The molecular weight excluding hydrogens is 446 g/mol. The number of piperidine rings is 2. The minimum absolute atomic E-state index is 0.107. The van der Waals surface area contributed by atoms with Gasteiger partial charge in [-0.25, -0.2) is 4.98 Å². The zero-order valence-electron chi connectivity index (χ0n) is 18.2. The van der Waals surface area contributed by atoms with Crippen LogP contribution < -0.4 is 10.2 Å². The summed E-state index contributed by atoms with van der Waals surface area (Å²) in [4.78, 5) is 26.3. The summed E-state index contributed by atoms with van der Waals surface area (Å²) in [7, 11) is 0.753. The Morgan fingerprint density at radius 3 is 2.72 bits per heavy atom. The molecule has 0 spiro atoms. The van der Waals surface area contributed by atoms with Gasteiger partial charge >= 0.3 is 0 Å². The first-order valence-electron chi connectivity index (χ1n) is 11.3. The van der Waals surface area contributed by atoms with Crippen molar-refractivity contribution in [2.24, 2.45) is 0 Å². The van der Waals surface area contributed by atoms with E-state index in [-0.39, 0.29) is 11.9 Å². The fourth-order valence-electron chi connectivity index (χ4n) is 4.92. The highest BCUT2D eigenvalue weighted by Crippen LogP contribution is 2.34. The van der Waals surface area contributed by atoms with Gasteiger partial charge in [0.1, 0.15) is 10.7 Å². The lowest BCUT2D eigenvalue weighted by atomic mass is 9.89. The Morgan fingerprint density at radius 1 is 1.16 bits per heavy atom. The van der Waals surface area contributed by atoms with Crippen LogP contribution in [0.2, 0.25) is 5.02 Å². The van der Waals surface area contributed by atoms with Crippen LogP contribution in [0.25, 0.3) is 0 Å². The van der Waals surface area contributed by atoms with Crippen LogP contribution in [0.15, 0.2) is 29.2 Å². The second kappa shape index (κ2) is 8.98. The van der Waals surface area contributed by atoms with E-state index in [1.807, 2.05) is 19.2 Å². The summed E-state index contributed by atoms with van der Waals surface area (Å²) >= 11 is 6.19. The van der Waals surface area contributed by atoms with Crippen LogP contribution in [0.4, 0.5) is 11.8 Å². The highest BCUT2D eigenvalue weighted by atomic mass is 35.5. The summed E-state index contributed by atoms with van der Waals surface area (Å²) < 4.78 is 12.7. The number of hydrogen-bond acceptors (Lipinski definition) is 6. The molecule has 4 heterocycles. The molecule has 2 fully saturated rings. The van der Waals surface area contributed by atoms with E-state index in [0.29, 0.717) is 36.9 Å². The number of halogens is 1. The van der Waals surface area contributed by atoms with Crippen LogP contribution >= 0.6 is 11.6 Å². The number of carbonyl (C=O) groups is 1. The van der Waals surface area contributed by atoms with E-state index in [9.17, 15) is 9.00 Å². The van der Waals surface area contributed by atoms with Crippen molar-refractivity contribution in [2.75, 3.05) is 42.7 Å². The maximum Gasteiger partial charge on any atom is 0.227 e. The predicted octanol–water partition coefficient (Wildman–Crippen LogP) is 3.21. The van der Waals surface area contributed by atoms with Crippen molar-refractivity contribution in [2.45, 2.75) is 49.0 Å². The van der Waals surface area contributed by atoms with Crippen molar-refractivity contribution in [3.05, 3.63) is 40.5 Å². The molecule has 1 unspecified atom stereocenters. The first kappa shape index (κ1) is 21.6. The lowest BCUT2D eigenvalue weighted by Crippen LogP contribution is -2.43. The number of aryl methyl sites for hydroxylation is 1. The second-order valence-corrected chi connectivity index (χ2v) is 10.9. The molecule has 0 bridgehead atoms. The fraction of sp³-hybridized carbons (Fsp3) is 0.522. The zero-order chi connectivity index (χ0) is 22.2. The van der Waals surface area contributed by atoms with Gasteiger partial charge in [-0.15, -0.1) is 0 Å². The molecule has 5 rings (SSSR count). The molecule has 3 aliphatic rings. The highest BCUT2D eigenvalue weighted by molar-refractivity contribution is 7.85.